The Balaban J connectivity index is 1.39. The van der Waals surface area contributed by atoms with Crippen LogP contribution in [0.3, 0.4) is 0 Å². The van der Waals surface area contributed by atoms with E-state index in [0.29, 0.717) is 11.8 Å². The van der Waals surface area contributed by atoms with Gasteiger partial charge in [0.1, 0.15) is 5.58 Å². The lowest BCUT2D eigenvalue weighted by atomic mass is 10.0. The largest absolute Gasteiger partial charge is 0.450 e. The van der Waals surface area contributed by atoms with Crippen LogP contribution in [0.25, 0.3) is 11.0 Å². The number of furan rings is 1. The molecular weight excluding hydrogens is 350 g/mol. The zero-order chi connectivity index (χ0) is 19.7. The first kappa shape index (κ1) is 18.7. The summed E-state index contributed by atoms with van der Waals surface area (Å²) in [7, 11) is 0. The molecule has 2 aromatic heterocycles. The maximum Gasteiger partial charge on any atom is 0.287 e. The number of carbonyl (C=O) groups is 1. The fraction of sp³-hybridized carbons (Fsp3) is 0.391. The van der Waals surface area contributed by atoms with Crippen LogP contribution in [-0.2, 0) is 0 Å². The zero-order valence-corrected chi connectivity index (χ0v) is 16.7. The predicted molar refractivity (Wildman–Crippen MR) is 110 cm³/mol. The Labute approximate surface area is 165 Å². The number of hydrogen-bond donors (Lipinski definition) is 1. The van der Waals surface area contributed by atoms with Crippen molar-refractivity contribution in [2.45, 2.75) is 45.7 Å². The van der Waals surface area contributed by atoms with Gasteiger partial charge >= 0.3 is 0 Å². The Hall–Kier alpha value is -2.66. The highest BCUT2D eigenvalue weighted by atomic mass is 16.3. The van der Waals surface area contributed by atoms with Crippen LogP contribution in [0.5, 0.6) is 0 Å². The number of amides is 1. The maximum absolute atomic E-state index is 12.8. The number of likely N-dealkylation sites (tertiary alicyclic amines) is 1. The number of carbonyl (C=O) groups excluding carboxylic acids is 1. The van der Waals surface area contributed by atoms with Crippen LogP contribution in [0.15, 0.2) is 47.1 Å². The van der Waals surface area contributed by atoms with Gasteiger partial charge in [-0.05, 0) is 56.9 Å². The smallest absolute Gasteiger partial charge is 0.287 e. The molecule has 4 rings (SSSR count). The third-order valence-corrected chi connectivity index (χ3v) is 5.97. The van der Waals surface area contributed by atoms with Crippen molar-refractivity contribution in [3.8, 4) is 0 Å². The first-order chi connectivity index (χ1) is 13.5. The molecule has 3 heterocycles. The minimum atomic E-state index is -0.103. The Kier molecular flexibility index (Phi) is 5.18. The van der Waals surface area contributed by atoms with Gasteiger partial charge in [-0.2, -0.15) is 0 Å². The van der Waals surface area contributed by atoms with E-state index in [2.05, 4.69) is 34.3 Å². The van der Waals surface area contributed by atoms with Crippen molar-refractivity contribution in [2.75, 3.05) is 13.1 Å². The summed E-state index contributed by atoms with van der Waals surface area (Å²) < 4.78 is 5.92. The molecule has 5 nitrogen and oxygen atoms in total. The minimum Gasteiger partial charge on any atom is -0.450 e. The molecule has 1 aliphatic heterocycles. The summed E-state index contributed by atoms with van der Waals surface area (Å²) in [6, 6.07) is 10.7. The van der Waals surface area contributed by atoms with Crippen molar-refractivity contribution in [3.63, 3.8) is 0 Å². The third kappa shape index (κ3) is 3.54. The maximum atomic E-state index is 12.8. The van der Waals surface area contributed by atoms with Gasteiger partial charge < -0.3 is 9.73 Å². The summed E-state index contributed by atoms with van der Waals surface area (Å²) in [5.41, 5.74) is 4.06. The molecule has 5 heteroatoms. The number of hydrogen-bond acceptors (Lipinski definition) is 4. The van der Waals surface area contributed by atoms with Gasteiger partial charge in [0.15, 0.2) is 5.76 Å². The van der Waals surface area contributed by atoms with Crippen molar-refractivity contribution < 1.29 is 9.21 Å². The average Bonchev–Trinajstić information content (AvgIpc) is 3.07. The second-order valence-corrected chi connectivity index (χ2v) is 7.75. The highest BCUT2D eigenvalue weighted by Crippen LogP contribution is 2.28. The number of piperidine rings is 1. The highest BCUT2D eigenvalue weighted by molar-refractivity contribution is 5.99. The number of aryl methyl sites for hydroxylation is 2. The van der Waals surface area contributed by atoms with Gasteiger partial charge in [-0.15, -0.1) is 0 Å². The van der Waals surface area contributed by atoms with Gasteiger partial charge in [-0.3, -0.25) is 14.7 Å². The summed E-state index contributed by atoms with van der Waals surface area (Å²) in [4.78, 5) is 19.4. The summed E-state index contributed by atoms with van der Waals surface area (Å²) in [6.45, 7) is 8.12. The number of rotatable bonds is 4. The second kappa shape index (κ2) is 7.76. The van der Waals surface area contributed by atoms with E-state index in [0.717, 1.165) is 48.0 Å². The normalized spacial score (nSPS) is 17.0. The van der Waals surface area contributed by atoms with E-state index in [1.54, 1.807) is 0 Å². The molecule has 1 amide bonds. The first-order valence-electron chi connectivity index (χ1n) is 9.98. The van der Waals surface area contributed by atoms with E-state index < -0.39 is 0 Å². The topological polar surface area (TPSA) is 58.4 Å². The van der Waals surface area contributed by atoms with Crippen molar-refractivity contribution in [2.24, 2.45) is 0 Å². The van der Waals surface area contributed by atoms with Gasteiger partial charge in [0, 0.05) is 48.5 Å². The van der Waals surface area contributed by atoms with E-state index in [4.69, 9.17) is 4.42 Å². The molecule has 0 saturated carbocycles. The van der Waals surface area contributed by atoms with Crippen LogP contribution in [0.2, 0.25) is 0 Å². The molecule has 0 radical (unpaired) electrons. The third-order valence-electron chi connectivity index (χ3n) is 5.97. The lowest BCUT2D eigenvalue weighted by Gasteiger charge is -2.36. The monoisotopic (exact) mass is 377 g/mol. The molecule has 1 N–H and O–H groups in total. The minimum absolute atomic E-state index is 0.103. The number of aromatic nitrogens is 1. The van der Waals surface area contributed by atoms with Crippen molar-refractivity contribution in [1.29, 1.82) is 0 Å². The molecule has 1 aliphatic rings. The lowest BCUT2D eigenvalue weighted by Crippen LogP contribution is -2.45. The molecule has 0 aliphatic carbocycles. The number of fused-ring (bicyclic) bond motifs is 1. The molecular formula is C23H27N3O2. The summed E-state index contributed by atoms with van der Waals surface area (Å²) in [6.07, 6.45) is 5.57. The van der Waals surface area contributed by atoms with Crippen molar-refractivity contribution in [1.82, 2.24) is 15.2 Å². The van der Waals surface area contributed by atoms with Crippen LogP contribution in [0.1, 0.15) is 53.1 Å². The van der Waals surface area contributed by atoms with E-state index in [-0.39, 0.29) is 11.9 Å². The highest BCUT2D eigenvalue weighted by Gasteiger charge is 2.26. The number of benzene rings is 1. The summed E-state index contributed by atoms with van der Waals surface area (Å²) in [5.74, 6) is 0.339. The SMILES string of the molecule is Cc1c(C(=O)NC2CCN([C@H](C)c3ccncc3)CC2)oc2c(C)cccc12. The molecule has 1 atom stereocenters. The van der Waals surface area contributed by atoms with Gasteiger partial charge in [-0.1, -0.05) is 18.2 Å². The molecule has 146 valence electrons. The Morgan fingerprint density at radius 3 is 2.57 bits per heavy atom. The lowest BCUT2D eigenvalue weighted by molar-refractivity contribution is 0.0870. The van der Waals surface area contributed by atoms with Crippen LogP contribution in [-0.4, -0.2) is 34.9 Å². The van der Waals surface area contributed by atoms with Gasteiger partial charge in [0.2, 0.25) is 0 Å². The molecule has 1 fully saturated rings. The average molecular weight is 377 g/mol. The Bertz CT molecular complexity index is 972. The van der Waals surface area contributed by atoms with E-state index in [1.165, 1.54) is 5.56 Å². The summed E-state index contributed by atoms with van der Waals surface area (Å²) >= 11 is 0. The summed E-state index contributed by atoms with van der Waals surface area (Å²) in [5, 5.41) is 4.21. The predicted octanol–water partition coefficient (Wildman–Crippen LogP) is 4.40. The number of pyridine rings is 1. The van der Waals surface area contributed by atoms with Crippen LogP contribution in [0.4, 0.5) is 0 Å². The van der Waals surface area contributed by atoms with Crippen LogP contribution >= 0.6 is 0 Å². The zero-order valence-electron chi connectivity index (χ0n) is 16.7. The number of para-hydroxylation sites is 1. The van der Waals surface area contributed by atoms with Crippen molar-refractivity contribution >= 4 is 16.9 Å². The second-order valence-electron chi connectivity index (χ2n) is 7.75. The molecule has 3 aromatic rings. The van der Waals surface area contributed by atoms with E-state index in [1.807, 2.05) is 44.4 Å². The fourth-order valence-electron chi connectivity index (χ4n) is 4.14. The van der Waals surface area contributed by atoms with E-state index >= 15 is 0 Å². The molecule has 0 bridgehead atoms. The van der Waals surface area contributed by atoms with Gasteiger partial charge in [0.05, 0.1) is 0 Å². The van der Waals surface area contributed by atoms with Crippen LogP contribution in [0, 0.1) is 13.8 Å². The fourth-order valence-corrected chi connectivity index (χ4v) is 4.14. The van der Waals surface area contributed by atoms with E-state index in [9.17, 15) is 4.79 Å². The Morgan fingerprint density at radius 1 is 1.18 bits per heavy atom. The molecule has 28 heavy (non-hydrogen) atoms. The molecule has 1 aromatic carbocycles. The number of nitrogens with zero attached hydrogens (tertiary/aromatic N) is 2. The molecule has 1 saturated heterocycles. The van der Waals surface area contributed by atoms with Crippen molar-refractivity contribution in [3.05, 3.63) is 65.2 Å². The standard InChI is InChI=1S/C23H27N3O2/c1-15-5-4-6-20-16(2)22(28-21(15)20)23(27)25-19-9-13-26(14-10-19)17(3)18-7-11-24-12-8-18/h4-8,11-12,17,19H,9-10,13-14H2,1-3H3,(H,25,27)/t17-/m1/s1. The molecule has 0 unspecified atom stereocenters. The van der Waals surface area contributed by atoms with Gasteiger partial charge in [-0.25, -0.2) is 0 Å². The quantitative estimate of drug-likeness (QED) is 0.732. The Morgan fingerprint density at radius 2 is 1.89 bits per heavy atom. The number of nitrogens with one attached hydrogen (secondary N) is 1. The van der Waals surface area contributed by atoms with Gasteiger partial charge in [0.25, 0.3) is 5.91 Å². The molecule has 0 spiro atoms. The first-order valence-corrected chi connectivity index (χ1v) is 9.98. The van der Waals surface area contributed by atoms with Crippen LogP contribution < -0.4 is 5.32 Å².